The fourth-order valence-corrected chi connectivity index (χ4v) is 2.65. The van der Waals surface area contributed by atoms with Crippen molar-refractivity contribution < 1.29 is 14.5 Å². The Bertz CT molecular complexity index is 1190. The van der Waals surface area contributed by atoms with Crippen LogP contribution in [0.3, 0.4) is 0 Å². The minimum absolute atomic E-state index is 0.0814. The van der Waals surface area contributed by atoms with Gasteiger partial charge in [0, 0.05) is 23.4 Å². The Morgan fingerprint density at radius 3 is 2.38 bits per heavy atom. The predicted molar refractivity (Wildman–Crippen MR) is 120 cm³/mol. The average molecular weight is 429 g/mol. The quantitative estimate of drug-likeness (QED) is 0.258. The van der Waals surface area contributed by atoms with Crippen LogP contribution in [0.15, 0.2) is 83.6 Å². The summed E-state index contributed by atoms with van der Waals surface area (Å²) in [5.74, 6) is -1.16. The summed E-state index contributed by atoms with van der Waals surface area (Å²) in [6, 6.07) is 19.3. The van der Waals surface area contributed by atoms with Gasteiger partial charge in [-0.1, -0.05) is 24.3 Å². The highest BCUT2D eigenvalue weighted by Gasteiger charge is 2.14. The molecule has 3 aromatic rings. The molecule has 2 N–H and O–H groups in total. The van der Waals surface area contributed by atoms with Crippen LogP contribution in [-0.2, 0) is 4.79 Å². The van der Waals surface area contributed by atoms with E-state index in [1.54, 1.807) is 36.4 Å². The zero-order valence-corrected chi connectivity index (χ0v) is 17.1. The van der Waals surface area contributed by atoms with Crippen LogP contribution in [0.2, 0.25) is 0 Å². The van der Waals surface area contributed by atoms with E-state index >= 15 is 0 Å². The molecule has 0 radical (unpaired) electrons. The van der Waals surface area contributed by atoms with Gasteiger partial charge in [0.05, 0.1) is 16.8 Å². The third-order valence-corrected chi connectivity index (χ3v) is 4.22. The van der Waals surface area contributed by atoms with Gasteiger partial charge in [0.1, 0.15) is 5.70 Å². The van der Waals surface area contributed by atoms with Crippen LogP contribution in [0.5, 0.6) is 0 Å². The lowest BCUT2D eigenvalue weighted by atomic mass is 10.1. The zero-order valence-electron chi connectivity index (χ0n) is 17.1. The molecule has 3 rings (SSSR count). The van der Waals surface area contributed by atoms with Gasteiger partial charge in [-0.05, 0) is 55.0 Å². The number of benzene rings is 2. The molecule has 0 fully saturated rings. The highest BCUT2D eigenvalue weighted by Crippen LogP contribution is 2.14. The first-order chi connectivity index (χ1) is 15.4. The van der Waals surface area contributed by atoms with Crippen molar-refractivity contribution in [1.29, 1.82) is 0 Å². The van der Waals surface area contributed by atoms with Crippen molar-refractivity contribution in [2.24, 2.45) is 5.10 Å². The number of non-ortho nitro benzene ring substituents is 1. The van der Waals surface area contributed by atoms with E-state index in [0.717, 1.165) is 5.69 Å². The molecule has 9 nitrogen and oxygen atoms in total. The highest BCUT2D eigenvalue weighted by molar-refractivity contribution is 6.05. The first-order valence-electron chi connectivity index (χ1n) is 9.52. The number of nitro benzene ring substituents is 1. The number of carbonyl (C=O) groups excluding carboxylic acids is 2. The maximum atomic E-state index is 12.7. The minimum atomic E-state index is -0.670. The third-order valence-electron chi connectivity index (χ3n) is 4.22. The Labute approximate surface area is 183 Å². The van der Waals surface area contributed by atoms with Crippen molar-refractivity contribution in [3.63, 3.8) is 0 Å². The fourth-order valence-electron chi connectivity index (χ4n) is 2.65. The predicted octanol–water partition coefficient (Wildman–Crippen LogP) is 3.22. The summed E-state index contributed by atoms with van der Waals surface area (Å²) in [4.78, 5) is 39.8. The average Bonchev–Trinajstić information content (AvgIpc) is 2.79. The fraction of sp³-hybridized carbons (Fsp3) is 0.0435. The van der Waals surface area contributed by atoms with Gasteiger partial charge in [0.15, 0.2) is 0 Å². The number of nitrogens with one attached hydrogen (secondary N) is 2. The number of nitro groups is 1. The van der Waals surface area contributed by atoms with Crippen molar-refractivity contribution in [2.45, 2.75) is 6.92 Å². The smallest absolute Gasteiger partial charge is 0.287 e. The van der Waals surface area contributed by atoms with E-state index in [2.05, 4.69) is 20.8 Å². The third kappa shape index (κ3) is 6.17. The van der Waals surface area contributed by atoms with Gasteiger partial charge in [0.25, 0.3) is 17.5 Å². The van der Waals surface area contributed by atoms with Crippen molar-refractivity contribution in [3.05, 3.63) is 111 Å². The number of hydrogen-bond acceptors (Lipinski definition) is 6. The van der Waals surface area contributed by atoms with Crippen LogP contribution in [0.4, 0.5) is 5.69 Å². The molecule has 0 atom stereocenters. The maximum absolute atomic E-state index is 12.7. The lowest BCUT2D eigenvalue weighted by molar-refractivity contribution is -0.384. The van der Waals surface area contributed by atoms with Crippen molar-refractivity contribution in [1.82, 2.24) is 15.7 Å². The molecule has 0 aliphatic carbocycles. The SMILES string of the molecule is Cc1cccc(/C=N\NC(=O)/C(=C/c2ccc([N+](=O)[O-])cc2)NC(=O)c2ccccc2)n1. The number of pyridine rings is 1. The molecule has 0 saturated carbocycles. The maximum Gasteiger partial charge on any atom is 0.287 e. The molecule has 0 aliphatic heterocycles. The molecular formula is C23H19N5O4. The van der Waals surface area contributed by atoms with Crippen LogP contribution in [0.1, 0.15) is 27.3 Å². The molecule has 2 amide bonds. The Morgan fingerprint density at radius 2 is 1.72 bits per heavy atom. The molecule has 1 aromatic heterocycles. The summed E-state index contributed by atoms with van der Waals surface area (Å²) in [6.45, 7) is 1.83. The number of rotatable bonds is 7. The molecule has 2 aromatic carbocycles. The van der Waals surface area contributed by atoms with E-state index in [0.29, 0.717) is 16.8 Å². The first-order valence-corrected chi connectivity index (χ1v) is 9.52. The second-order valence-corrected chi connectivity index (χ2v) is 6.63. The van der Waals surface area contributed by atoms with Gasteiger partial charge in [-0.25, -0.2) is 5.43 Å². The van der Waals surface area contributed by atoms with Crippen LogP contribution < -0.4 is 10.7 Å². The van der Waals surface area contributed by atoms with Crippen LogP contribution in [0.25, 0.3) is 6.08 Å². The minimum Gasteiger partial charge on any atom is -0.317 e. The monoisotopic (exact) mass is 429 g/mol. The van der Waals surface area contributed by atoms with E-state index in [9.17, 15) is 19.7 Å². The van der Waals surface area contributed by atoms with Crippen LogP contribution in [-0.4, -0.2) is 27.9 Å². The lowest BCUT2D eigenvalue weighted by Gasteiger charge is -2.09. The topological polar surface area (TPSA) is 127 Å². The molecular weight excluding hydrogens is 410 g/mol. The van der Waals surface area contributed by atoms with Gasteiger partial charge in [0.2, 0.25) is 0 Å². The van der Waals surface area contributed by atoms with E-state index in [1.807, 2.05) is 19.1 Å². The van der Waals surface area contributed by atoms with E-state index in [1.165, 1.54) is 36.6 Å². The van der Waals surface area contributed by atoms with Crippen molar-refractivity contribution in [3.8, 4) is 0 Å². The standard InChI is InChI=1S/C23H19N5O4/c1-16-6-5-9-19(25-16)15-24-27-23(30)21(26-22(29)18-7-3-2-4-8-18)14-17-10-12-20(13-11-17)28(31)32/h2-15H,1H3,(H,26,29)(H,27,30)/b21-14-,24-15-. The Hall–Kier alpha value is -4.66. The van der Waals surface area contributed by atoms with Gasteiger partial charge >= 0.3 is 0 Å². The highest BCUT2D eigenvalue weighted by atomic mass is 16.6. The molecule has 9 heteroatoms. The van der Waals surface area contributed by atoms with Crippen molar-refractivity contribution in [2.75, 3.05) is 0 Å². The lowest BCUT2D eigenvalue weighted by Crippen LogP contribution is -2.32. The molecule has 0 spiro atoms. The molecule has 0 unspecified atom stereocenters. The Kier molecular flexibility index (Phi) is 7.16. The molecule has 0 bridgehead atoms. The summed E-state index contributed by atoms with van der Waals surface area (Å²) >= 11 is 0. The second-order valence-electron chi connectivity index (χ2n) is 6.63. The zero-order chi connectivity index (χ0) is 22.9. The number of amides is 2. The van der Waals surface area contributed by atoms with E-state index < -0.39 is 16.7 Å². The van der Waals surface area contributed by atoms with E-state index in [4.69, 9.17) is 0 Å². The normalized spacial score (nSPS) is 11.2. The van der Waals surface area contributed by atoms with Crippen molar-refractivity contribution >= 4 is 29.8 Å². The molecule has 0 saturated heterocycles. The summed E-state index contributed by atoms with van der Waals surface area (Å²) in [7, 11) is 0. The number of carbonyl (C=O) groups is 2. The van der Waals surface area contributed by atoms with Gasteiger partial charge < -0.3 is 5.32 Å². The summed E-state index contributed by atoms with van der Waals surface area (Å²) in [6.07, 6.45) is 2.79. The number of hydrazone groups is 1. The Balaban J connectivity index is 1.82. The summed E-state index contributed by atoms with van der Waals surface area (Å²) in [5, 5.41) is 17.3. The van der Waals surface area contributed by atoms with Gasteiger partial charge in [-0.3, -0.25) is 24.7 Å². The van der Waals surface area contributed by atoms with Gasteiger partial charge in [-0.2, -0.15) is 5.10 Å². The number of aromatic nitrogens is 1. The number of aryl methyl sites for hydroxylation is 1. The van der Waals surface area contributed by atoms with Crippen LogP contribution in [0, 0.1) is 17.0 Å². The molecule has 160 valence electrons. The first kappa shape index (κ1) is 22.0. The molecule has 0 aliphatic rings. The van der Waals surface area contributed by atoms with E-state index in [-0.39, 0.29) is 11.4 Å². The van der Waals surface area contributed by atoms with Crippen LogP contribution >= 0.6 is 0 Å². The van der Waals surface area contributed by atoms with Gasteiger partial charge in [-0.15, -0.1) is 0 Å². The number of hydrogen-bond donors (Lipinski definition) is 2. The molecule has 1 heterocycles. The Morgan fingerprint density at radius 1 is 1.00 bits per heavy atom. The number of nitrogens with zero attached hydrogens (tertiary/aromatic N) is 3. The molecule has 32 heavy (non-hydrogen) atoms. The second kappa shape index (κ2) is 10.4. The summed E-state index contributed by atoms with van der Waals surface area (Å²) < 4.78 is 0. The summed E-state index contributed by atoms with van der Waals surface area (Å²) in [5.41, 5.74) is 4.39. The largest absolute Gasteiger partial charge is 0.317 e.